The summed E-state index contributed by atoms with van der Waals surface area (Å²) < 4.78 is 7.39. The highest BCUT2D eigenvalue weighted by Crippen LogP contribution is 2.50. The van der Waals surface area contributed by atoms with Crippen molar-refractivity contribution >= 4 is 65.4 Å². The lowest BCUT2D eigenvalue weighted by Crippen LogP contribution is -2.15. The minimum Gasteiger partial charge on any atom is -0.309 e. The molecule has 0 spiro atoms. The molecule has 11 aromatic rings. The van der Waals surface area contributed by atoms with Gasteiger partial charge in [-0.1, -0.05) is 123 Å². The molecule has 3 heterocycles. The van der Waals surface area contributed by atoms with E-state index in [9.17, 15) is 0 Å². The summed E-state index contributed by atoms with van der Waals surface area (Å²) in [6, 6.07) is 65.0. The van der Waals surface area contributed by atoms with Crippen LogP contribution in [0.1, 0.15) is 25.0 Å². The molecule has 8 aromatic carbocycles. The maximum atomic E-state index is 2.51. The molecule has 0 N–H and O–H groups in total. The molecule has 3 aromatic heterocycles. The van der Waals surface area contributed by atoms with E-state index < -0.39 is 0 Å². The first-order valence-electron chi connectivity index (χ1n) is 18.9. The zero-order valence-electron chi connectivity index (χ0n) is 30.1. The molecule has 0 bridgehead atoms. The van der Waals surface area contributed by atoms with Gasteiger partial charge in [0.2, 0.25) is 0 Å². The van der Waals surface area contributed by atoms with Crippen molar-refractivity contribution in [2.45, 2.75) is 19.3 Å². The Morgan fingerprint density at radius 2 is 0.870 bits per heavy atom. The lowest BCUT2D eigenvalue weighted by Gasteiger charge is -2.22. The van der Waals surface area contributed by atoms with Crippen LogP contribution in [0.15, 0.2) is 176 Å². The van der Waals surface area contributed by atoms with E-state index in [0.29, 0.717) is 0 Å². The second-order valence-corrected chi connectivity index (χ2v) is 15.4. The molecule has 54 heavy (non-hydrogen) atoms. The molecule has 0 fully saturated rings. The van der Waals surface area contributed by atoms with Crippen LogP contribution >= 0.6 is 0 Å². The molecule has 3 heteroatoms. The largest absolute Gasteiger partial charge is 0.309 e. The van der Waals surface area contributed by atoms with Crippen LogP contribution in [0.3, 0.4) is 0 Å². The van der Waals surface area contributed by atoms with Gasteiger partial charge in [0.25, 0.3) is 0 Å². The van der Waals surface area contributed by atoms with Crippen LogP contribution in [-0.4, -0.2) is 13.7 Å². The monoisotopic (exact) mass is 689 g/mol. The third-order valence-electron chi connectivity index (χ3n) is 12.2. The average Bonchev–Trinajstić information content (AvgIpc) is 3.91. The Hall–Kier alpha value is -6.84. The van der Waals surface area contributed by atoms with E-state index in [1.807, 2.05) is 0 Å². The molecule has 0 unspecified atom stereocenters. The number of nitrogens with zero attached hydrogens (tertiary/aromatic N) is 3. The van der Waals surface area contributed by atoms with Crippen molar-refractivity contribution in [1.29, 1.82) is 0 Å². The molecular weight excluding hydrogens is 655 g/mol. The van der Waals surface area contributed by atoms with E-state index in [1.54, 1.807) is 0 Å². The Morgan fingerprint density at radius 3 is 1.67 bits per heavy atom. The fourth-order valence-electron chi connectivity index (χ4n) is 9.84. The highest BCUT2D eigenvalue weighted by Gasteiger charge is 2.35. The van der Waals surface area contributed by atoms with Gasteiger partial charge in [0.15, 0.2) is 0 Å². The molecule has 254 valence electrons. The van der Waals surface area contributed by atoms with Crippen LogP contribution < -0.4 is 0 Å². The van der Waals surface area contributed by atoms with Gasteiger partial charge in [0.1, 0.15) is 0 Å². The van der Waals surface area contributed by atoms with Crippen molar-refractivity contribution in [2.24, 2.45) is 0 Å². The zero-order valence-corrected chi connectivity index (χ0v) is 30.1. The molecular formula is C51H35N3. The Morgan fingerprint density at radius 1 is 0.333 bits per heavy atom. The Bertz CT molecular complexity index is 3350. The smallest absolute Gasteiger partial charge is 0.0641 e. The van der Waals surface area contributed by atoms with Crippen LogP contribution in [-0.2, 0) is 5.41 Å². The van der Waals surface area contributed by atoms with Crippen molar-refractivity contribution in [1.82, 2.24) is 13.7 Å². The summed E-state index contributed by atoms with van der Waals surface area (Å²) in [6.45, 7) is 4.72. The third kappa shape index (κ3) is 3.80. The molecule has 0 saturated carbocycles. The molecule has 0 atom stereocenters. The summed E-state index contributed by atoms with van der Waals surface area (Å²) >= 11 is 0. The van der Waals surface area contributed by atoms with Gasteiger partial charge in [-0.3, -0.25) is 0 Å². The van der Waals surface area contributed by atoms with Gasteiger partial charge in [0.05, 0.1) is 33.1 Å². The molecule has 12 rings (SSSR count). The highest BCUT2D eigenvalue weighted by atomic mass is 15.0. The Kier molecular flexibility index (Phi) is 5.84. The normalized spacial score (nSPS) is 13.5. The fraction of sp³-hybridized carbons (Fsp3) is 0.0588. The number of fused-ring (bicyclic) bond motifs is 13. The SMILES string of the molecule is CC1(C)c2ccccc2-c2ccc(-n3c4ccccc4c4cc(-n5c6ccccc6c6ccc7c(c8ccccc8n7-c7ccccc7)c65)ccc43)cc21. The predicted molar refractivity (Wildman–Crippen MR) is 227 cm³/mol. The van der Waals surface area contributed by atoms with Crippen LogP contribution in [0.4, 0.5) is 0 Å². The number of para-hydroxylation sites is 4. The number of aromatic nitrogens is 3. The minimum absolute atomic E-state index is 0.0701. The number of hydrogen-bond acceptors (Lipinski definition) is 0. The van der Waals surface area contributed by atoms with Gasteiger partial charge in [-0.2, -0.15) is 0 Å². The van der Waals surface area contributed by atoms with E-state index in [-0.39, 0.29) is 5.41 Å². The second-order valence-electron chi connectivity index (χ2n) is 15.4. The van der Waals surface area contributed by atoms with Crippen molar-refractivity contribution < 1.29 is 0 Å². The molecule has 0 aliphatic heterocycles. The summed E-state index contributed by atoms with van der Waals surface area (Å²) in [6.07, 6.45) is 0. The first kappa shape index (κ1) is 29.7. The van der Waals surface area contributed by atoms with E-state index in [0.717, 1.165) is 5.69 Å². The Labute approximate surface area is 312 Å². The topological polar surface area (TPSA) is 14.8 Å². The van der Waals surface area contributed by atoms with Crippen molar-refractivity contribution in [3.05, 3.63) is 187 Å². The van der Waals surface area contributed by atoms with Gasteiger partial charge >= 0.3 is 0 Å². The summed E-state index contributed by atoms with van der Waals surface area (Å²) in [5, 5.41) is 7.55. The first-order valence-corrected chi connectivity index (χ1v) is 18.9. The van der Waals surface area contributed by atoms with Gasteiger partial charge in [0, 0.05) is 54.8 Å². The van der Waals surface area contributed by atoms with Crippen molar-refractivity contribution in [2.75, 3.05) is 0 Å². The lowest BCUT2D eigenvalue weighted by atomic mass is 9.82. The number of rotatable bonds is 3. The van der Waals surface area contributed by atoms with Crippen LogP contribution in [0.25, 0.3) is 93.6 Å². The summed E-state index contributed by atoms with van der Waals surface area (Å²) in [5.41, 5.74) is 16.2. The van der Waals surface area contributed by atoms with Gasteiger partial charge < -0.3 is 13.7 Å². The minimum atomic E-state index is -0.0701. The van der Waals surface area contributed by atoms with Crippen LogP contribution in [0.2, 0.25) is 0 Å². The van der Waals surface area contributed by atoms with E-state index in [1.165, 1.54) is 99.0 Å². The van der Waals surface area contributed by atoms with E-state index >= 15 is 0 Å². The van der Waals surface area contributed by atoms with Crippen LogP contribution in [0.5, 0.6) is 0 Å². The summed E-state index contributed by atoms with van der Waals surface area (Å²) in [5.74, 6) is 0. The first-order chi connectivity index (χ1) is 26.6. The van der Waals surface area contributed by atoms with Crippen LogP contribution in [0, 0.1) is 0 Å². The van der Waals surface area contributed by atoms with Gasteiger partial charge in [-0.15, -0.1) is 0 Å². The fourth-order valence-corrected chi connectivity index (χ4v) is 9.84. The predicted octanol–water partition coefficient (Wildman–Crippen LogP) is 13.3. The van der Waals surface area contributed by atoms with Gasteiger partial charge in [-0.05, 0) is 89.0 Å². The summed E-state index contributed by atoms with van der Waals surface area (Å²) in [7, 11) is 0. The van der Waals surface area contributed by atoms with E-state index in [2.05, 4.69) is 203 Å². The zero-order chi connectivity index (χ0) is 35.7. The standard InChI is InChI=1S/C51H35N3/c1-51(2)42-20-10-6-16-35(42)36-26-24-34(31-43(36)51)53-44-21-11-8-18-38(44)41-30-33(25-28-47(41)53)54-45-22-12-7-17-37(45)39-27-29-48-49(50(39)54)40-19-9-13-23-46(40)52(48)32-14-4-3-5-15-32/h3-31H,1-2H3. The molecule has 1 aliphatic rings. The lowest BCUT2D eigenvalue weighted by molar-refractivity contribution is 0.660. The molecule has 0 radical (unpaired) electrons. The maximum Gasteiger partial charge on any atom is 0.0641 e. The van der Waals surface area contributed by atoms with Gasteiger partial charge in [-0.25, -0.2) is 0 Å². The summed E-state index contributed by atoms with van der Waals surface area (Å²) in [4.78, 5) is 0. The van der Waals surface area contributed by atoms with Crippen molar-refractivity contribution in [3.8, 4) is 28.2 Å². The average molecular weight is 690 g/mol. The number of hydrogen-bond donors (Lipinski definition) is 0. The number of benzene rings is 8. The highest BCUT2D eigenvalue weighted by molar-refractivity contribution is 6.26. The molecule has 0 saturated heterocycles. The van der Waals surface area contributed by atoms with Crippen molar-refractivity contribution in [3.63, 3.8) is 0 Å². The second kappa shape index (κ2) is 10.6. The Balaban J connectivity index is 1.14. The molecule has 1 aliphatic carbocycles. The quantitative estimate of drug-likeness (QED) is 0.175. The third-order valence-corrected chi connectivity index (χ3v) is 12.2. The molecule has 3 nitrogen and oxygen atoms in total. The maximum absolute atomic E-state index is 2.51. The van der Waals surface area contributed by atoms with E-state index in [4.69, 9.17) is 0 Å². The molecule has 0 amide bonds.